The molecule has 1 fully saturated rings. The van der Waals surface area contributed by atoms with Crippen LogP contribution in [-0.4, -0.2) is 40.8 Å². The summed E-state index contributed by atoms with van der Waals surface area (Å²) >= 11 is 7.93. The number of ether oxygens (including phenoxy) is 1. The summed E-state index contributed by atoms with van der Waals surface area (Å²) in [4.78, 5) is 17.7. The van der Waals surface area contributed by atoms with E-state index in [0.717, 1.165) is 42.4 Å². The van der Waals surface area contributed by atoms with Crippen molar-refractivity contribution in [1.82, 2.24) is 4.98 Å². The van der Waals surface area contributed by atoms with Crippen molar-refractivity contribution >= 4 is 39.7 Å². The molecule has 4 rings (SSSR count). The van der Waals surface area contributed by atoms with E-state index >= 15 is 0 Å². The second-order valence-electron chi connectivity index (χ2n) is 8.73. The molecule has 0 radical (unpaired) electrons. The Balaban J connectivity index is 1.30. The van der Waals surface area contributed by atoms with Crippen molar-refractivity contribution in [2.24, 2.45) is 11.8 Å². The molecule has 0 amide bonds. The van der Waals surface area contributed by atoms with Crippen molar-refractivity contribution in [3.63, 3.8) is 0 Å². The maximum Gasteiger partial charge on any atom is 0.348 e. The van der Waals surface area contributed by atoms with Crippen LogP contribution in [0, 0.1) is 11.8 Å². The Morgan fingerprint density at radius 3 is 2.91 bits per heavy atom. The number of esters is 1. The summed E-state index contributed by atoms with van der Waals surface area (Å²) in [5.41, 5.74) is 1.25. The van der Waals surface area contributed by atoms with Gasteiger partial charge in [-0.2, -0.15) is 0 Å². The number of nitrogens with zero attached hydrogens (tertiary/aromatic N) is 1. The van der Waals surface area contributed by atoms with Crippen LogP contribution in [0.15, 0.2) is 48.8 Å². The van der Waals surface area contributed by atoms with E-state index in [0.29, 0.717) is 11.3 Å². The predicted molar refractivity (Wildman–Crippen MR) is 131 cm³/mol. The van der Waals surface area contributed by atoms with Crippen LogP contribution in [0.5, 0.6) is 0 Å². The Morgan fingerprint density at radius 1 is 1.18 bits per heavy atom. The van der Waals surface area contributed by atoms with Crippen LogP contribution in [-0.2, 0) is 17.6 Å². The van der Waals surface area contributed by atoms with Gasteiger partial charge in [-0.3, -0.25) is 4.98 Å². The summed E-state index contributed by atoms with van der Waals surface area (Å²) in [5, 5.41) is 10.7. The third-order valence-corrected chi connectivity index (χ3v) is 8.27. The van der Waals surface area contributed by atoms with Crippen LogP contribution < -0.4 is 0 Å². The largest absolute Gasteiger partial charge is 0.459 e. The number of carbonyl (C=O) groups is 1. The van der Waals surface area contributed by atoms with Gasteiger partial charge in [0.2, 0.25) is 0 Å². The van der Waals surface area contributed by atoms with Gasteiger partial charge in [-0.25, -0.2) is 9.18 Å². The second-order valence-corrected chi connectivity index (χ2v) is 10.4. The molecule has 176 valence electrons. The summed E-state index contributed by atoms with van der Waals surface area (Å²) in [6.07, 6.45) is 7.74. The first-order valence-electron chi connectivity index (χ1n) is 11.5. The van der Waals surface area contributed by atoms with E-state index in [-0.39, 0.29) is 25.0 Å². The standard InChI is InChI=1S/C26H29ClFNO3S/c27-25-22(8-5-17-4-6-20-16-29-11-10-18(20)14-17)19(15-23(25)28)2-1-3-21-7-9-24(33-21)26(31)32-13-12-30/h4,6-7,9-11,14,16,19,22-23,25,30H,1-3,5,8,12-13,15H2/t19-,22+,23?,25?/m0/s1. The molecule has 0 saturated heterocycles. The monoisotopic (exact) mass is 489 g/mol. The number of aromatic nitrogens is 1. The summed E-state index contributed by atoms with van der Waals surface area (Å²) < 4.78 is 19.5. The zero-order valence-electron chi connectivity index (χ0n) is 18.5. The molecular formula is C26H29ClFNO3S. The first kappa shape index (κ1) is 24.1. The lowest BCUT2D eigenvalue weighted by atomic mass is 9.86. The smallest absolute Gasteiger partial charge is 0.348 e. The Kier molecular flexibility index (Phi) is 8.34. The number of benzene rings is 1. The zero-order valence-corrected chi connectivity index (χ0v) is 20.0. The van der Waals surface area contributed by atoms with Crippen LogP contribution in [0.2, 0.25) is 0 Å². The third-order valence-electron chi connectivity index (χ3n) is 6.54. The highest BCUT2D eigenvalue weighted by Gasteiger charge is 2.41. The summed E-state index contributed by atoms with van der Waals surface area (Å²) in [6.45, 7) is -0.169. The van der Waals surface area contributed by atoms with Gasteiger partial charge in [-0.05, 0) is 79.5 Å². The molecule has 1 aliphatic rings. The quantitative estimate of drug-likeness (QED) is 0.281. The lowest BCUT2D eigenvalue weighted by molar-refractivity contribution is 0.0439. The highest BCUT2D eigenvalue weighted by atomic mass is 35.5. The first-order valence-corrected chi connectivity index (χ1v) is 12.8. The Morgan fingerprint density at radius 2 is 2.06 bits per heavy atom. The van der Waals surface area contributed by atoms with Gasteiger partial charge in [-0.1, -0.05) is 18.2 Å². The molecule has 0 spiro atoms. The summed E-state index contributed by atoms with van der Waals surface area (Å²) in [7, 11) is 0. The van der Waals surface area contributed by atoms with E-state index in [1.165, 1.54) is 22.3 Å². The number of hydrogen-bond donors (Lipinski definition) is 1. The Bertz CT molecular complexity index is 1070. The molecule has 0 aliphatic heterocycles. The molecule has 2 aromatic heterocycles. The van der Waals surface area contributed by atoms with Crippen molar-refractivity contribution in [1.29, 1.82) is 0 Å². The Labute approximate surface area is 202 Å². The number of halogens is 2. The number of aliphatic hydroxyl groups excluding tert-OH is 1. The third kappa shape index (κ3) is 6.11. The number of thiophene rings is 1. The van der Waals surface area contributed by atoms with Gasteiger partial charge < -0.3 is 9.84 Å². The van der Waals surface area contributed by atoms with E-state index < -0.39 is 17.5 Å². The maximum absolute atomic E-state index is 14.5. The number of aliphatic hydroxyl groups is 1. The number of alkyl halides is 2. The SMILES string of the molecule is O=C(OCCO)c1ccc(CCC[C@H]2CC(F)C(Cl)[C@@H]2CCc2ccc3cnccc3c2)s1. The highest BCUT2D eigenvalue weighted by Crippen LogP contribution is 2.43. The number of carbonyl (C=O) groups excluding carboxylic acids is 1. The highest BCUT2D eigenvalue weighted by molar-refractivity contribution is 7.13. The molecular weight excluding hydrogens is 461 g/mol. The fourth-order valence-corrected chi connectivity index (χ4v) is 6.22. The zero-order chi connectivity index (χ0) is 23.2. The maximum atomic E-state index is 14.5. The summed E-state index contributed by atoms with van der Waals surface area (Å²) in [6, 6.07) is 12.1. The molecule has 1 aliphatic carbocycles. The molecule has 1 aromatic carbocycles. The minimum Gasteiger partial charge on any atom is -0.459 e. The Hall–Kier alpha value is -2.02. The first-order chi connectivity index (χ1) is 16.0. The van der Waals surface area contributed by atoms with Crippen LogP contribution in [0.25, 0.3) is 10.8 Å². The van der Waals surface area contributed by atoms with Gasteiger partial charge in [0.1, 0.15) is 17.7 Å². The fourth-order valence-electron chi connectivity index (χ4n) is 4.84. The molecule has 3 aromatic rings. The van der Waals surface area contributed by atoms with Gasteiger partial charge in [0.25, 0.3) is 0 Å². The second kappa shape index (κ2) is 11.4. The van der Waals surface area contributed by atoms with Crippen LogP contribution in [0.1, 0.15) is 45.8 Å². The van der Waals surface area contributed by atoms with Crippen LogP contribution in [0.3, 0.4) is 0 Å². The minimum absolute atomic E-state index is 0.00946. The predicted octanol–water partition coefficient (Wildman–Crippen LogP) is 5.98. The lowest BCUT2D eigenvalue weighted by Crippen LogP contribution is -2.19. The van der Waals surface area contributed by atoms with Crippen molar-refractivity contribution in [3.8, 4) is 0 Å². The van der Waals surface area contributed by atoms with E-state index in [1.807, 2.05) is 18.3 Å². The van der Waals surface area contributed by atoms with Gasteiger partial charge in [0, 0.05) is 22.7 Å². The number of rotatable bonds is 10. The van der Waals surface area contributed by atoms with E-state index in [2.05, 4.69) is 23.2 Å². The van der Waals surface area contributed by atoms with Crippen molar-refractivity contribution in [2.45, 2.75) is 50.1 Å². The normalized spacial score (nSPS) is 22.6. The van der Waals surface area contributed by atoms with Crippen molar-refractivity contribution in [2.75, 3.05) is 13.2 Å². The molecule has 2 heterocycles. The van der Waals surface area contributed by atoms with E-state index in [9.17, 15) is 9.18 Å². The van der Waals surface area contributed by atoms with Crippen molar-refractivity contribution < 1.29 is 19.0 Å². The van der Waals surface area contributed by atoms with Crippen molar-refractivity contribution in [3.05, 3.63) is 64.1 Å². The molecule has 33 heavy (non-hydrogen) atoms. The molecule has 7 heteroatoms. The number of fused-ring (bicyclic) bond motifs is 1. The minimum atomic E-state index is -0.945. The molecule has 0 bridgehead atoms. The van der Waals surface area contributed by atoms with Gasteiger partial charge in [-0.15, -0.1) is 22.9 Å². The van der Waals surface area contributed by atoms with Gasteiger partial charge >= 0.3 is 5.97 Å². The van der Waals surface area contributed by atoms with Gasteiger partial charge in [0.15, 0.2) is 0 Å². The topological polar surface area (TPSA) is 59.4 Å². The van der Waals surface area contributed by atoms with Gasteiger partial charge in [0.05, 0.1) is 12.0 Å². The van der Waals surface area contributed by atoms with E-state index in [1.54, 1.807) is 12.3 Å². The average Bonchev–Trinajstić information content (AvgIpc) is 3.41. The molecule has 1 N–H and O–H groups in total. The lowest BCUT2D eigenvalue weighted by Gasteiger charge is -2.21. The van der Waals surface area contributed by atoms with Crippen LogP contribution >= 0.6 is 22.9 Å². The number of pyridine rings is 1. The van der Waals surface area contributed by atoms with Crippen LogP contribution in [0.4, 0.5) is 4.39 Å². The molecule has 4 nitrogen and oxygen atoms in total. The molecule has 1 saturated carbocycles. The number of aryl methyl sites for hydroxylation is 2. The summed E-state index contributed by atoms with van der Waals surface area (Å²) in [5.74, 6) is 0.0506. The fraction of sp³-hybridized carbons (Fsp3) is 0.462. The van der Waals surface area contributed by atoms with E-state index in [4.69, 9.17) is 21.4 Å². The molecule has 2 unspecified atom stereocenters. The number of hydrogen-bond acceptors (Lipinski definition) is 5. The average molecular weight is 490 g/mol. The molecule has 4 atom stereocenters.